The second-order valence-electron chi connectivity index (χ2n) is 5.75. The number of hydrogen-bond donors (Lipinski definition) is 1. The molecule has 0 radical (unpaired) electrons. The van der Waals surface area contributed by atoms with E-state index < -0.39 is 0 Å². The van der Waals surface area contributed by atoms with Gasteiger partial charge in [0.15, 0.2) is 0 Å². The smallest absolute Gasteiger partial charge is 0.123 e. The Morgan fingerprint density at radius 1 is 1.40 bits per heavy atom. The molecule has 0 heterocycles. The van der Waals surface area contributed by atoms with E-state index in [1.165, 1.54) is 6.42 Å². The van der Waals surface area contributed by atoms with E-state index in [9.17, 15) is 9.90 Å². The van der Waals surface area contributed by atoms with Crippen LogP contribution in [0.1, 0.15) is 46.0 Å². The molecule has 0 aliphatic heterocycles. The minimum atomic E-state index is -0.118. The molecule has 86 valence electrons. The molecule has 2 rings (SSSR count). The minimum Gasteiger partial charge on any atom is -0.393 e. The molecule has 0 aromatic carbocycles. The van der Waals surface area contributed by atoms with Crippen molar-refractivity contribution in [3.63, 3.8) is 0 Å². The van der Waals surface area contributed by atoms with Gasteiger partial charge in [0.1, 0.15) is 6.29 Å². The first kappa shape index (κ1) is 11.1. The largest absolute Gasteiger partial charge is 0.393 e. The average molecular weight is 210 g/mol. The summed E-state index contributed by atoms with van der Waals surface area (Å²) < 4.78 is 0. The van der Waals surface area contributed by atoms with Gasteiger partial charge in [-0.3, -0.25) is 0 Å². The summed E-state index contributed by atoms with van der Waals surface area (Å²) in [4.78, 5) is 10.9. The van der Waals surface area contributed by atoms with Gasteiger partial charge in [-0.1, -0.05) is 20.3 Å². The topological polar surface area (TPSA) is 37.3 Å². The normalized spacial score (nSPS) is 47.3. The third-order valence-corrected chi connectivity index (χ3v) is 5.01. The zero-order valence-corrected chi connectivity index (χ0v) is 9.78. The Kier molecular flexibility index (Phi) is 2.89. The van der Waals surface area contributed by atoms with Crippen molar-refractivity contribution >= 4 is 6.29 Å². The lowest BCUT2D eigenvalue weighted by Crippen LogP contribution is -2.41. The van der Waals surface area contributed by atoms with Crippen LogP contribution >= 0.6 is 0 Å². The lowest BCUT2D eigenvalue weighted by atomic mass is 9.62. The van der Waals surface area contributed by atoms with Gasteiger partial charge in [-0.15, -0.1) is 0 Å². The number of carbonyl (C=O) groups is 1. The lowest BCUT2D eigenvalue weighted by Gasteiger charge is -2.44. The molecule has 0 bridgehead atoms. The molecule has 1 N–H and O–H groups in total. The fourth-order valence-electron chi connectivity index (χ4n) is 4.15. The minimum absolute atomic E-state index is 0.118. The Bertz CT molecular complexity index is 251. The predicted molar refractivity (Wildman–Crippen MR) is 59.4 cm³/mol. The SMILES string of the molecule is C[C@H](C=O)C1CCC2[C@@H](O)CCC[C@]12C. The molecule has 2 saturated carbocycles. The molecule has 0 amide bonds. The maximum atomic E-state index is 10.9. The lowest BCUT2D eigenvalue weighted by molar-refractivity contribution is -0.114. The van der Waals surface area contributed by atoms with E-state index >= 15 is 0 Å². The molecule has 2 nitrogen and oxygen atoms in total. The molecule has 2 aliphatic rings. The van der Waals surface area contributed by atoms with Crippen LogP contribution in [0.25, 0.3) is 0 Å². The summed E-state index contributed by atoms with van der Waals surface area (Å²) >= 11 is 0. The van der Waals surface area contributed by atoms with Crippen LogP contribution in [-0.4, -0.2) is 17.5 Å². The fraction of sp³-hybridized carbons (Fsp3) is 0.923. The Hall–Kier alpha value is -0.370. The monoisotopic (exact) mass is 210 g/mol. The van der Waals surface area contributed by atoms with Crippen LogP contribution in [0.4, 0.5) is 0 Å². The van der Waals surface area contributed by atoms with E-state index in [-0.39, 0.29) is 17.4 Å². The standard InChI is InChI=1S/C13H22O2/c1-9(8-14)10-5-6-11-12(15)4-3-7-13(10,11)2/h8-12,15H,3-7H2,1-2H3/t9-,10?,11?,12+,13-/m1/s1. The molecule has 2 aliphatic carbocycles. The van der Waals surface area contributed by atoms with Gasteiger partial charge in [0.25, 0.3) is 0 Å². The van der Waals surface area contributed by atoms with Crippen LogP contribution in [0.5, 0.6) is 0 Å². The molecule has 2 heteroatoms. The fourth-order valence-corrected chi connectivity index (χ4v) is 4.15. The summed E-state index contributed by atoms with van der Waals surface area (Å²) in [6.07, 6.45) is 6.49. The highest BCUT2D eigenvalue weighted by molar-refractivity contribution is 5.53. The molecule has 2 unspecified atom stereocenters. The van der Waals surface area contributed by atoms with E-state index in [1.807, 2.05) is 6.92 Å². The molecule has 5 atom stereocenters. The molecule has 2 fully saturated rings. The predicted octanol–water partition coefficient (Wildman–Crippen LogP) is 2.40. The van der Waals surface area contributed by atoms with E-state index in [1.54, 1.807) is 0 Å². The van der Waals surface area contributed by atoms with E-state index in [2.05, 4.69) is 6.92 Å². The van der Waals surface area contributed by atoms with Gasteiger partial charge in [-0.25, -0.2) is 0 Å². The molecule has 15 heavy (non-hydrogen) atoms. The Labute approximate surface area is 92.1 Å². The van der Waals surface area contributed by atoms with Crippen molar-refractivity contribution in [1.29, 1.82) is 0 Å². The summed E-state index contributed by atoms with van der Waals surface area (Å²) in [7, 11) is 0. The number of rotatable bonds is 2. The van der Waals surface area contributed by atoms with Crippen molar-refractivity contribution in [3.8, 4) is 0 Å². The zero-order valence-electron chi connectivity index (χ0n) is 9.78. The second-order valence-corrected chi connectivity index (χ2v) is 5.75. The van der Waals surface area contributed by atoms with Crippen molar-refractivity contribution in [2.24, 2.45) is 23.2 Å². The van der Waals surface area contributed by atoms with Gasteiger partial charge in [0.05, 0.1) is 6.10 Å². The molecule has 0 aromatic heterocycles. The maximum Gasteiger partial charge on any atom is 0.123 e. The van der Waals surface area contributed by atoms with Crippen LogP contribution in [0.2, 0.25) is 0 Å². The average Bonchev–Trinajstić information content (AvgIpc) is 2.56. The van der Waals surface area contributed by atoms with Crippen molar-refractivity contribution in [1.82, 2.24) is 0 Å². The molecule has 0 aromatic rings. The highest BCUT2D eigenvalue weighted by Gasteiger charge is 2.52. The van der Waals surface area contributed by atoms with Crippen molar-refractivity contribution in [2.75, 3.05) is 0 Å². The van der Waals surface area contributed by atoms with Crippen LogP contribution in [0.15, 0.2) is 0 Å². The maximum absolute atomic E-state index is 10.9. The van der Waals surface area contributed by atoms with Gasteiger partial charge in [-0.05, 0) is 42.9 Å². The molecule has 0 spiro atoms. The second kappa shape index (κ2) is 3.89. The Balaban J connectivity index is 2.20. The number of fused-ring (bicyclic) bond motifs is 1. The number of aldehydes is 1. The molecular weight excluding hydrogens is 188 g/mol. The van der Waals surface area contributed by atoms with Crippen molar-refractivity contribution in [2.45, 2.75) is 52.1 Å². The molecule has 0 saturated heterocycles. The third-order valence-electron chi connectivity index (χ3n) is 5.01. The summed E-state index contributed by atoms with van der Waals surface area (Å²) in [5.41, 5.74) is 0.220. The number of carbonyl (C=O) groups excluding carboxylic acids is 1. The third kappa shape index (κ3) is 1.63. The number of aliphatic hydroxyl groups excluding tert-OH is 1. The first-order valence-corrected chi connectivity index (χ1v) is 6.23. The summed E-state index contributed by atoms with van der Waals surface area (Å²) in [5, 5.41) is 10.0. The van der Waals surface area contributed by atoms with Gasteiger partial charge in [0.2, 0.25) is 0 Å². The van der Waals surface area contributed by atoms with Crippen LogP contribution in [0, 0.1) is 23.2 Å². The highest BCUT2D eigenvalue weighted by Crippen LogP contribution is 2.57. The van der Waals surface area contributed by atoms with Crippen LogP contribution in [-0.2, 0) is 4.79 Å². The van der Waals surface area contributed by atoms with Crippen molar-refractivity contribution < 1.29 is 9.90 Å². The van der Waals surface area contributed by atoms with E-state index in [0.29, 0.717) is 11.8 Å². The molecular formula is C13H22O2. The van der Waals surface area contributed by atoms with Gasteiger partial charge >= 0.3 is 0 Å². The summed E-state index contributed by atoms with van der Waals surface area (Å²) in [6.45, 7) is 4.32. The Morgan fingerprint density at radius 2 is 2.13 bits per heavy atom. The van der Waals surface area contributed by atoms with Crippen LogP contribution in [0.3, 0.4) is 0 Å². The van der Waals surface area contributed by atoms with Gasteiger partial charge < -0.3 is 9.90 Å². The Morgan fingerprint density at radius 3 is 2.80 bits per heavy atom. The quantitative estimate of drug-likeness (QED) is 0.711. The van der Waals surface area contributed by atoms with E-state index in [0.717, 1.165) is 32.0 Å². The van der Waals surface area contributed by atoms with Crippen LogP contribution < -0.4 is 0 Å². The highest BCUT2D eigenvalue weighted by atomic mass is 16.3. The van der Waals surface area contributed by atoms with Gasteiger partial charge in [-0.2, -0.15) is 0 Å². The van der Waals surface area contributed by atoms with E-state index in [4.69, 9.17) is 0 Å². The summed E-state index contributed by atoms with van der Waals surface area (Å²) in [6, 6.07) is 0. The van der Waals surface area contributed by atoms with Gasteiger partial charge in [0, 0.05) is 5.92 Å². The number of hydrogen-bond acceptors (Lipinski definition) is 2. The first-order valence-electron chi connectivity index (χ1n) is 6.23. The summed E-state index contributed by atoms with van der Waals surface area (Å²) in [5.74, 6) is 1.10. The first-order chi connectivity index (χ1) is 7.09. The number of aliphatic hydroxyl groups is 1. The zero-order chi connectivity index (χ0) is 11.1. The van der Waals surface area contributed by atoms with Crippen molar-refractivity contribution in [3.05, 3.63) is 0 Å².